The predicted molar refractivity (Wildman–Crippen MR) is 180 cm³/mol. The van der Waals surface area contributed by atoms with Crippen LogP contribution in [0.2, 0.25) is 0 Å². The molecular formula is C33H35N7O2S2. The molecule has 44 heavy (non-hydrogen) atoms. The zero-order valence-electron chi connectivity index (χ0n) is 24.9. The number of aliphatic imine (C=N–C) groups is 1. The maximum Gasteiger partial charge on any atom is 0.269 e. The number of carbonyl (C=O) groups is 1. The number of hydrogen-bond donors (Lipinski definition) is 2. The third-order valence-electron chi connectivity index (χ3n) is 7.64. The van der Waals surface area contributed by atoms with E-state index in [1.807, 2.05) is 50.4 Å². The Labute approximate surface area is 267 Å². The summed E-state index contributed by atoms with van der Waals surface area (Å²) in [6, 6.07) is 23.9. The van der Waals surface area contributed by atoms with Crippen LogP contribution in [-0.4, -0.2) is 73.9 Å². The quantitative estimate of drug-likeness (QED) is 0.282. The lowest BCUT2D eigenvalue weighted by atomic mass is 10.2. The highest BCUT2D eigenvalue weighted by molar-refractivity contribution is 8.19. The normalized spacial score (nSPS) is 19.4. The molecule has 0 aliphatic carbocycles. The minimum Gasteiger partial charge on any atom is -0.384 e. The van der Waals surface area contributed by atoms with Gasteiger partial charge >= 0.3 is 0 Å². The molecule has 2 N–H and O–H groups in total. The number of carbonyl (C=O) groups excluding carboxylic acids is 1. The summed E-state index contributed by atoms with van der Waals surface area (Å²) in [4.78, 5) is 27.1. The second-order valence-electron chi connectivity index (χ2n) is 10.6. The van der Waals surface area contributed by atoms with Gasteiger partial charge in [0.2, 0.25) is 0 Å². The molecule has 0 bridgehead atoms. The Bertz CT molecular complexity index is 1630. The van der Waals surface area contributed by atoms with Crippen molar-refractivity contribution in [3.63, 3.8) is 0 Å². The second kappa shape index (κ2) is 13.8. The first-order valence-electron chi connectivity index (χ1n) is 14.8. The van der Waals surface area contributed by atoms with Crippen LogP contribution >= 0.6 is 23.5 Å². The molecule has 1 amide bonds. The van der Waals surface area contributed by atoms with E-state index >= 15 is 0 Å². The van der Waals surface area contributed by atoms with Crippen molar-refractivity contribution in [3.8, 4) is 6.07 Å². The van der Waals surface area contributed by atoms with E-state index in [9.17, 15) is 10.1 Å². The van der Waals surface area contributed by atoms with Gasteiger partial charge in [-0.2, -0.15) is 5.26 Å². The van der Waals surface area contributed by atoms with E-state index in [-0.39, 0.29) is 5.91 Å². The molecule has 0 atom stereocenters. The second-order valence-corrected chi connectivity index (χ2v) is 12.6. The van der Waals surface area contributed by atoms with Gasteiger partial charge in [-0.05, 0) is 60.6 Å². The van der Waals surface area contributed by atoms with E-state index in [2.05, 4.69) is 44.7 Å². The number of rotatable bonds is 9. The van der Waals surface area contributed by atoms with Gasteiger partial charge < -0.3 is 20.3 Å². The van der Waals surface area contributed by atoms with Crippen molar-refractivity contribution in [2.45, 2.75) is 18.4 Å². The fraction of sp³-hybridized carbons (Fsp3) is 0.303. The van der Waals surface area contributed by atoms with Crippen molar-refractivity contribution in [1.82, 2.24) is 9.80 Å². The molecule has 2 saturated heterocycles. The molecular weight excluding hydrogens is 591 g/mol. The van der Waals surface area contributed by atoms with E-state index < -0.39 is 0 Å². The van der Waals surface area contributed by atoms with Gasteiger partial charge in [-0.15, -0.1) is 0 Å². The molecule has 3 aromatic carbocycles. The number of ether oxygens (including phenoxy) is 1. The third-order valence-corrected chi connectivity index (χ3v) is 10.1. The van der Waals surface area contributed by atoms with Gasteiger partial charge in [0.05, 0.1) is 53.5 Å². The molecule has 3 heterocycles. The minimum atomic E-state index is -0.0787. The van der Waals surface area contributed by atoms with Crippen molar-refractivity contribution in [3.05, 3.63) is 87.8 Å². The van der Waals surface area contributed by atoms with Crippen LogP contribution in [0.15, 0.2) is 86.6 Å². The number of nitrogens with zero attached hydrogens (tertiary/aromatic N) is 5. The maximum absolute atomic E-state index is 14.1. The molecule has 9 nitrogen and oxygen atoms in total. The minimum absolute atomic E-state index is 0.0787. The summed E-state index contributed by atoms with van der Waals surface area (Å²) in [5.41, 5.74) is 5.12. The first-order chi connectivity index (χ1) is 21.5. The standard InChI is InChI=1S/C33H35N7O2S2/c1-3-35-26-11-9-24(21-34)19-27(26)37-33-40(22-23-7-5-4-6-8-23)31(41)30(44-33)32-38(2)28-12-10-25(20-29(28)43-32)36-13-14-39-15-17-42-18-16-39/h4-12,19-20,35-36H,3,13-18,22H2,1-2H3/b32-30-,37-33?. The van der Waals surface area contributed by atoms with E-state index in [1.165, 1.54) is 11.8 Å². The topological polar surface area (TPSA) is 96.2 Å². The Morgan fingerprint density at radius 1 is 1.02 bits per heavy atom. The van der Waals surface area contributed by atoms with Crippen molar-refractivity contribution < 1.29 is 9.53 Å². The smallest absolute Gasteiger partial charge is 0.269 e. The average Bonchev–Trinajstić information content (AvgIpc) is 3.53. The number of amides is 1. The molecule has 2 fully saturated rings. The number of thioether (sulfide) groups is 2. The molecule has 0 spiro atoms. The van der Waals surface area contributed by atoms with Crippen LogP contribution in [0.1, 0.15) is 18.1 Å². The SMILES string of the molecule is CCNc1ccc(C#N)cc1N=C1S/C(=C2\Sc3cc(NCCN4CCOCC4)ccc3N2C)C(=O)N1Cc1ccccc1. The fourth-order valence-electron chi connectivity index (χ4n) is 5.31. The van der Waals surface area contributed by atoms with Crippen LogP contribution in [0, 0.1) is 11.3 Å². The lowest BCUT2D eigenvalue weighted by Crippen LogP contribution is -2.39. The van der Waals surface area contributed by atoms with E-state index in [0.29, 0.717) is 34.4 Å². The molecule has 6 rings (SSSR count). The molecule has 0 radical (unpaired) electrons. The number of nitriles is 1. The predicted octanol–water partition coefficient (Wildman–Crippen LogP) is 5.91. The lowest BCUT2D eigenvalue weighted by molar-refractivity contribution is -0.122. The molecule has 226 valence electrons. The highest BCUT2D eigenvalue weighted by Gasteiger charge is 2.39. The van der Waals surface area contributed by atoms with Crippen molar-refractivity contribution in [1.29, 1.82) is 5.26 Å². The molecule has 0 unspecified atom stereocenters. The number of amidine groups is 1. The largest absolute Gasteiger partial charge is 0.384 e. The van der Waals surface area contributed by atoms with Gasteiger partial charge in [0.15, 0.2) is 5.17 Å². The summed E-state index contributed by atoms with van der Waals surface area (Å²) in [5.74, 6) is -0.0787. The Kier molecular flexibility index (Phi) is 9.43. The number of fused-ring (bicyclic) bond motifs is 1. The molecule has 0 saturated carbocycles. The number of anilines is 3. The van der Waals surface area contributed by atoms with Crippen LogP contribution in [-0.2, 0) is 16.1 Å². The van der Waals surface area contributed by atoms with E-state index in [4.69, 9.17) is 9.73 Å². The zero-order valence-corrected chi connectivity index (χ0v) is 26.5. The lowest BCUT2D eigenvalue weighted by Gasteiger charge is -2.26. The number of nitrogens with one attached hydrogen (secondary N) is 2. The zero-order chi connectivity index (χ0) is 30.5. The summed E-state index contributed by atoms with van der Waals surface area (Å²) < 4.78 is 5.46. The fourth-order valence-corrected chi connectivity index (χ4v) is 7.68. The number of hydrogen-bond acceptors (Lipinski definition) is 10. The monoisotopic (exact) mass is 625 g/mol. The summed E-state index contributed by atoms with van der Waals surface area (Å²) in [6.07, 6.45) is 0. The summed E-state index contributed by atoms with van der Waals surface area (Å²) >= 11 is 3.00. The van der Waals surface area contributed by atoms with Gasteiger partial charge in [0, 0.05) is 50.4 Å². The van der Waals surface area contributed by atoms with E-state index in [1.54, 1.807) is 28.8 Å². The highest BCUT2D eigenvalue weighted by atomic mass is 32.2. The van der Waals surface area contributed by atoms with Gasteiger partial charge in [0.25, 0.3) is 5.91 Å². The molecule has 11 heteroatoms. The van der Waals surface area contributed by atoms with Crippen molar-refractivity contribution in [2.24, 2.45) is 4.99 Å². The Hall–Kier alpha value is -3.95. The first kappa shape index (κ1) is 30.1. The number of morpholine rings is 1. The highest BCUT2D eigenvalue weighted by Crippen LogP contribution is 2.51. The van der Waals surface area contributed by atoms with Crippen LogP contribution in [0.25, 0.3) is 0 Å². The van der Waals surface area contributed by atoms with Gasteiger partial charge in [0.1, 0.15) is 4.91 Å². The summed E-state index contributed by atoms with van der Waals surface area (Å²) in [6.45, 7) is 8.51. The van der Waals surface area contributed by atoms with Crippen molar-refractivity contribution >= 4 is 57.3 Å². The van der Waals surface area contributed by atoms with Crippen LogP contribution < -0.4 is 15.5 Å². The summed E-state index contributed by atoms with van der Waals surface area (Å²) in [7, 11) is 2.01. The Morgan fingerprint density at radius 3 is 2.61 bits per heavy atom. The Morgan fingerprint density at radius 2 is 1.84 bits per heavy atom. The molecule has 0 aromatic heterocycles. The molecule has 3 aliphatic heterocycles. The van der Waals surface area contributed by atoms with Crippen LogP contribution in [0.4, 0.5) is 22.7 Å². The van der Waals surface area contributed by atoms with Gasteiger partial charge in [-0.1, -0.05) is 42.1 Å². The first-order valence-corrected chi connectivity index (χ1v) is 16.4. The van der Waals surface area contributed by atoms with Gasteiger partial charge in [-0.25, -0.2) is 4.99 Å². The third kappa shape index (κ3) is 6.59. The molecule has 3 aromatic rings. The Balaban J connectivity index is 1.28. The molecule has 3 aliphatic rings. The van der Waals surface area contributed by atoms with Crippen LogP contribution in [0.3, 0.4) is 0 Å². The van der Waals surface area contributed by atoms with Crippen LogP contribution in [0.5, 0.6) is 0 Å². The van der Waals surface area contributed by atoms with E-state index in [0.717, 1.165) is 71.9 Å². The van der Waals surface area contributed by atoms with Gasteiger partial charge in [-0.3, -0.25) is 14.6 Å². The summed E-state index contributed by atoms with van der Waals surface area (Å²) in [5, 5.41) is 17.9. The van der Waals surface area contributed by atoms with Crippen molar-refractivity contribution in [2.75, 3.05) is 68.5 Å². The number of benzene rings is 3. The average molecular weight is 626 g/mol. The maximum atomic E-state index is 14.1.